The van der Waals surface area contributed by atoms with E-state index in [1.807, 2.05) is 42.6 Å². The van der Waals surface area contributed by atoms with E-state index in [4.69, 9.17) is 4.42 Å². The Labute approximate surface area is 184 Å². The lowest BCUT2D eigenvalue weighted by Gasteiger charge is -2.28. The molecule has 7 heteroatoms. The molecule has 4 rings (SSSR count). The maximum absolute atomic E-state index is 13.2. The van der Waals surface area contributed by atoms with Crippen molar-refractivity contribution in [1.29, 1.82) is 0 Å². The summed E-state index contributed by atoms with van der Waals surface area (Å²) in [6.07, 6.45) is 4.99. The zero-order valence-electron chi connectivity index (χ0n) is 16.7. The average molecular weight is 441 g/mol. The number of thioether (sulfide) groups is 1. The van der Waals surface area contributed by atoms with E-state index < -0.39 is 6.04 Å². The van der Waals surface area contributed by atoms with Gasteiger partial charge in [-0.05, 0) is 42.8 Å². The van der Waals surface area contributed by atoms with Crippen molar-refractivity contribution in [3.8, 4) is 0 Å². The third-order valence-electron chi connectivity index (χ3n) is 5.20. The van der Waals surface area contributed by atoms with E-state index in [1.54, 1.807) is 35.3 Å². The zero-order chi connectivity index (χ0) is 20.9. The van der Waals surface area contributed by atoms with E-state index in [2.05, 4.69) is 17.4 Å². The van der Waals surface area contributed by atoms with Gasteiger partial charge in [0.05, 0.1) is 17.4 Å². The summed E-state index contributed by atoms with van der Waals surface area (Å²) in [5.74, 6) is 0.349. The summed E-state index contributed by atoms with van der Waals surface area (Å²) in [7, 11) is 0. The maximum atomic E-state index is 13.2. The highest BCUT2D eigenvalue weighted by atomic mass is 32.2. The van der Waals surface area contributed by atoms with Gasteiger partial charge in [0.1, 0.15) is 11.4 Å². The minimum atomic E-state index is -0.510. The van der Waals surface area contributed by atoms with Crippen LogP contribution in [0.3, 0.4) is 0 Å². The van der Waals surface area contributed by atoms with E-state index in [0.717, 1.165) is 18.4 Å². The highest BCUT2D eigenvalue weighted by Gasteiger charge is 2.43. The van der Waals surface area contributed by atoms with Gasteiger partial charge in [0.25, 0.3) is 5.91 Å². The molecule has 0 aliphatic carbocycles. The van der Waals surface area contributed by atoms with Crippen molar-refractivity contribution in [1.82, 2.24) is 10.2 Å². The normalized spacial score (nSPS) is 19.6. The quantitative estimate of drug-likeness (QED) is 0.577. The topological polar surface area (TPSA) is 62.6 Å². The largest absolute Gasteiger partial charge is 0.472 e. The standard InChI is InChI=1S/C23H24N2O3S2/c1-16(9-10-17-6-3-2-4-7-17)24-21(26)19-15-30-23(18-11-12-28-14-18)25(19)22(27)20-8-5-13-29-20/h2-8,11-14,16,19,23H,9-10,15H2,1H3,(H,24,26). The van der Waals surface area contributed by atoms with Gasteiger partial charge in [-0.25, -0.2) is 0 Å². The molecule has 1 N–H and O–H groups in total. The van der Waals surface area contributed by atoms with Crippen LogP contribution in [0.4, 0.5) is 0 Å². The zero-order valence-corrected chi connectivity index (χ0v) is 18.3. The van der Waals surface area contributed by atoms with Crippen molar-refractivity contribution < 1.29 is 14.0 Å². The monoisotopic (exact) mass is 440 g/mol. The smallest absolute Gasteiger partial charge is 0.265 e. The van der Waals surface area contributed by atoms with Crippen molar-refractivity contribution in [3.63, 3.8) is 0 Å². The van der Waals surface area contributed by atoms with Crippen molar-refractivity contribution >= 4 is 34.9 Å². The summed E-state index contributed by atoms with van der Waals surface area (Å²) >= 11 is 2.99. The number of benzene rings is 1. The van der Waals surface area contributed by atoms with E-state index in [-0.39, 0.29) is 23.2 Å². The van der Waals surface area contributed by atoms with Crippen molar-refractivity contribution in [2.45, 2.75) is 37.2 Å². The first kappa shape index (κ1) is 20.8. The van der Waals surface area contributed by atoms with Gasteiger partial charge in [-0.2, -0.15) is 0 Å². The number of nitrogens with one attached hydrogen (secondary N) is 1. The Bertz CT molecular complexity index is 958. The van der Waals surface area contributed by atoms with Gasteiger partial charge in [-0.15, -0.1) is 23.1 Å². The predicted octanol–water partition coefficient (Wildman–Crippen LogP) is 4.74. The van der Waals surface area contributed by atoms with E-state index in [1.165, 1.54) is 16.9 Å². The van der Waals surface area contributed by atoms with Gasteiger partial charge in [-0.1, -0.05) is 36.4 Å². The second kappa shape index (κ2) is 9.53. The summed E-state index contributed by atoms with van der Waals surface area (Å²) in [6.45, 7) is 2.02. The van der Waals surface area contributed by atoms with Gasteiger partial charge < -0.3 is 14.6 Å². The number of nitrogens with zero attached hydrogens (tertiary/aromatic N) is 1. The molecule has 2 amide bonds. The summed E-state index contributed by atoms with van der Waals surface area (Å²) < 4.78 is 5.23. The fraction of sp³-hybridized carbons (Fsp3) is 0.304. The van der Waals surface area contributed by atoms with Crippen LogP contribution in [0.1, 0.15) is 39.5 Å². The second-order valence-electron chi connectivity index (χ2n) is 7.38. The van der Waals surface area contributed by atoms with Crippen LogP contribution in [0, 0.1) is 0 Å². The van der Waals surface area contributed by atoms with Crippen LogP contribution in [-0.2, 0) is 11.2 Å². The van der Waals surface area contributed by atoms with Crippen LogP contribution < -0.4 is 5.32 Å². The summed E-state index contributed by atoms with van der Waals surface area (Å²) in [4.78, 5) is 28.7. The third kappa shape index (κ3) is 4.63. The molecule has 3 atom stereocenters. The number of carbonyl (C=O) groups excluding carboxylic acids is 2. The van der Waals surface area contributed by atoms with E-state index >= 15 is 0 Å². The lowest BCUT2D eigenvalue weighted by Crippen LogP contribution is -2.49. The Morgan fingerprint density at radius 3 is 2.73 bits per heavy atom. The van der Waals surface area contributed by atoms with Gasteiger partial charge in [0.15, 0.2) is 0 Å². The lowest BCUT2D eigenvalue weighted by molar-refractivity contribution is -0.125. The Hall–Kier alpha value is -2.51. The lowest BCUT2D eigenvalue weighted by atomic mass is 10.1. The molecule has 1 aliphatic heterocycles. The van der Waals surface area contributed by atoms with E-state index in [0.29, 0.717) is 10.6 Å². The number of aryl methyl sites for hydroxylation is 1. The van der Waals surface area contributed by atoms with Crippen LogP contribution >= 0.6 is 23.1 Å². The van der Waals surface area contributed by atoms with Crippen molar-refractivity contribution in [2.75, 3.05) is 5.75 Å². The number of furan rings is 1. The molecule has 0 spiro atoms. The number of amides is 2. The molecule has 0 radical (unpaired) electrons. The number of hydrogen-bond acceptors (Lipinski definition) is 5. The first-order valence-corrected chi connectivity index (χ1v) is 11.9. The van der Waals surface area contributed by atoms with Crippen LogP contribution in [0.5, 0.6) is 0 Å². The summed E-state index contributed by atoms with van der Waals surface area (Å²) in [5, 5.41) is 4.77. The molecule has 3 aromatic rings. The molecule has 1 aliphatic rings. The third-order valence-corrected chi connectivity index (χ3v) is 7.38. The van der Waals surface area contributed by atoms with Gasteiger partial charge >= 0.3 is 0 Å². The number of carbonyl (C=O) groups is 2. The van der Waals surface area contributed by atoms with Crippen LogP contribution in [0.2, 0.25) is 0 Å². The molecule has 0 bridgehead atoms. The molecule has 1 saturated heterocycles. The fourth-order valence-electron chi connectivity index (χ4n) is 3.60. The van der Waals surface area contributed by atoms with Crippen LogP contribution in [0.15, 0.2) is 70.9 Å². The first-order chi connectivity index (χ1) is 14.6. The highest BCUT2D eigenvalue weighted by molar-refractivity contribution is 7.99. The van der Waals surface area contributed by atoms with Crippen molar-refractivity contribution in [2.24, 2.45) is 0 Å². The molecular formula is C23H24N2O3S2. The molecule has 5 nitrogen and oxygen atoms in total. The van der Waals surface area contributed by atoms with Gasteiger partial charge in [-0.3, -0.25) is 9.59 Å². The van der Waals surface area contributed by atoms with Crippen LogP contribution in [-0.4, -0.2) is 34.6 Å². The van der Waals surface area contributed by atoms with Crippen LogP contribution in [0.25, 0.3) is 0 Å². The maximum Gasteiger partial charge on any atom is 0.265 e. The molecular weight excluding hydrogens is 416 g/mol. The number of rotatable bonds is 7. The molecule has 0 saturated carbocycles. The molecule has 2 aromatic heterocycles. The molecule has 30 heavy (non-hydrogen) atoms. The molecule has 1 fully saturated rings. The van der Waals surface area contributed by atoms with Crippen molar-refractivity contribution in [3.05, 3.63) is 82.4 Å². The Balaban J connectivity index is 1.45. The number of thiophene rings is 1. The Kier molecular flexibility index (Phi) is 6.59. The second-order valence-corrected chi connectivity index (χ2v) is 9.44. The fourth-order valence-corrected chi connectivity index (χ4v) is 5.67. The summed E-state index contributed by atoms with van der Waals surface area (Å²) in [5.41, 5.74) is 2.15. The molecule has 1 aromatic carbocycles. The minimum Gasteiger partial charge on any atom is -0.472 e. The Morgan fingerprint density at radius 2 is 2.03 bits per heavy atom. The van der Waals surface area contributed by atoms with E-state index in [9.17, 15) is 9.59 Å². The average Bonchev–Trinajstić information content (AvgIpc) is 3.53. The molecule has 3 heterocycles. The number of hydrogen-bond donors (Lipinski definition) is 1. The first-order valence-electron chi connectivity index (χ1n) is 9.97. The SMILES string of the molecule is CC(CCc1ccccc1)NC(=O)C1CSC(c2ccoc2)N1C(=O)c1cccs1. The highest BCUT2D eigenvalue weighted by Crippen LogP contribution is 2.42. The molecule has 156 valence electrons. The molecule has 3 unspecified atom stereocenters. The minimum absolute atomic E-state index is 0.0226. The Morgan fingerprint density at radius 1 is 1.20 bits per heavy atom. The predicted molar refractivity (Wildman–Crippen MR) is 121 cm³/mol. The van der Waals surface area contributed by atoms with Gasteiger partial charge in [0.2, 0.25) is 5.91 Å². The van der Waals surface area contributed by atoms with Gasteiger partial charge in [0, 0.05) is 17.4 Å². The summed E-state index contributed by atoms with van der Waals surface area (Å²) in [6, 6.07) is 15.3.